The minimum Gasteiger partial charge on any atom is -0.444 e. The number of hydrogen-bond acceptors (Lipinski definition) is 5. The zero-order valence-corrected chi connectivity index (χ0v) is 25.1. The van der Waals surface area contributed by atoms with Crippen LogP contribution in [-0.4, -0.2) is 46.9 Å². The lowest BCUT2D eigenvalue weighted by Crippen LogP contribution is -2.53. The van der Waals surface area contributed by atoms with Gasteiger partial charge in [-0.05, 0) is 69.4 Å². The number of alkyl carbamates (subject to hydrolysis) is 1. The van der Waals surface area contributed by atoms with Gasteiger partial charge in [0.15, 0.2) is 0 Å². The average molecular weight is 565 g/mol. The quantitative estimate of drug-likeness (QED) is 0.280. The number of hydrogen-bond donors (Lipinski definition) is 3. The number of nitrogens with two attached hydrogens (primary N) is 1. The van der Waals surface area contributed by atoms with E-state index in [0.717, 1.165) is 29.5 Å². The molecular weight excluding hydrogens is 520 g/mol. The molecule has 0 saturated heterocycles. The van der Waals surface area contributed by atoms with Crippen molar-refractivity contribution in [1.82, 2.24) is 10.2 Å². The first-order chi connectivity index (χ1) is 19.3. The first-order valence-corrected chi connectivity index (χ1v) is 13.9. The second-order valence-corrected chi connectivity index (χ2v) is 11.1. The van der Waals surface area contributed by atoms with Crippen LogP contribution in [0.5, 0.6) is 0 Å². The number of anilines is 1. The summed E-state index contributed by atoms with van der Waals surface area (Å²) in [6.45, 7) is 14.9. The summed E-state index contributed by atoms with van der Waals surface area (Å²) in [6, 6.07) is 10.5. The van der Waals surface area contributed by atoms with E-state index in [1.54, 1.807) is 45.0 Å². The van der Waals surface area contributed by atoms with Gasteiger partial charge < -0.3 is 26.0 Å². The lowest BCUT2D eigenvalue weighted by atomic mass is 9.98. The van der Waals surface area contributed by atoms with Gasteiger partial charge in [-0.2, -0.15) is 0 Å². The third-order valence-electron chi connectivity index (χ3n) is 6.43. The lowest BCUT2D eigenvalue weighted by Gasteiger charge is -2.34. The molecule has 222 valence electrons. The van der Waals surface area contributed by atoms with E-state index in [4.69, 9.17) is 10.5 Å². The van der Waals surface area contributed by atoms with E-state index in [1.807, 2.05) is 45.0 Å². The van der Waals surface area contributed by atoms with Crippen molar-refractivity contribution < 1.29 is 23.9 Å². The van der Waals surface area contributed by atoms with E-state index in [9.17, 15) is 19.2 Å². The zero-order chi connectivity index (χ0) is 30.7. The maximum Gasteiger partial charge on any atom is 0.408 e. The van der Waals surface area contributed by atoms with Crippen LogP contribution in [0.25, 0.3) is 6.08 Å². The summed E-state index contributed by atoms with van der Waals surface area (Å²) < 4.78 is 5.34. The second-order valence-electron chi connectivity index (χ2n) is 11.1. The number of primary amides is 1. The van der Waals surface area contributed by atoms with Gasteiger partial charge in [0.2, 0.25) is 11.8 Å². The molecule has 4 amide bonds. The van der Waals surface area contributed by atoms with Crippen LogP contribution in [0.4, 0.5) is 10.5 Å². The zero-order valence-electron chi connectivity index (χ0n) is 25.1. The van der Waals surface area contributed by atoms with Crippen LogP contribution in [-0.2, 0) is 19.1 Å². The Kier molecular flexibility index (Phi) is 12.1. The summed E-state index contributed by atoms with van der Waals surface area (Å²) in [4.78, 5) is 54.4. The Morgan fingerprint density at radius 1 is 1.05 bits per heavy atom. The van der Waals surface area contributed by atoms with E-state index in [2.05, 4.69) is 17.2 Å². The van der Waals surface area contributed by atoms with Crippen molar-refractivity contribution in [3.8, 4) is 0 Å². The van der Waals surface area contributed by atoms with Crippen LogP contribution < -0.4 is 16.4 Å². The number of nitrogens with zero attached hydrogens (tertiary/aromatic N) is 1. The van der Waals surface area contributed by atoms with E-state index in [1.165, 1.54) is 4.90 Å². The molecule has 2 atom stereocenters. The van der Waals surface area contributed by atoms with Gasteiger partial charge in [0, 0.05) is 12.2 Å². The van der Waals surface area contributed by atoms with Gasteiger partial charge >= 0.3 is 6.09 Å². The first kappa shape index (κ1) is 33.1. The highest BCUT2D eigenvalue weighted by Gasteiger charge is 2.37. The molecule has 2 rings (SSSR count). The van der Waals surface area contributed by atoms with Crippen LogP contribution >= 0.6 is 0 Å². The molecule has 0 aromatic heterocycles. The largest absolute Gasteiger partial charge is 0.444 e. The molecule has 0 heterocycles. The molecule has 0 spiro atoms. The molecule has 9 nitrogen and oxygen atoms in total. The van der Waals surface area contributed by atoms with Crippen LogP contribution in [0.2, 0.25) is 0 Å². The Hall–Kier alpha value is -4.14. The van der Waals surface area contributed by atoms with Crippen molar-refractivity contribution >= 4 is 35.6 Å². The van der Waals surface area contributed by atoms with Crippen molar-refractivity contribution in [3.05, 3.63) is 71.3 Å². The summed E-state index contributed by atoms with van der Waals surface area (Å²) in [5.74, 6) is -1.82. The number of benzene rings is 2. The molecule has 2 aromatic rings. The van der Waals surface area contributed by atoms with Crippen molar-refractivity contribution in [2.75, 3.05) is 11.9 Å². The van der Waals surface area contributed by atoms with E-state index < -0.39 is 47.9 Å². The van der Waals surface area contributed by atoms with Crippen molar-refractivity contribution in [1.29, 1.82) is 0 Å². The van der Waals surface area contributed by atoms with Crippen LogP contribution in [0.1, 0.15) is 81.7 Å². The molecule has 4 N–H and O–H groups in total. The highest BCUT2D eigenvalue weighted by atomic mass is 16.6. The number of nitrogens with one attached hydrogen (secondary N) is 2. The minimum absolute atomic E-state index is 0.209. The molecule has 0 fully saturated rings. The third kappa shape index (κ3) is 10.1. The SMILES string of the molecule is C=Cc1cccc(C(C(=O)Nc2c(C)cccc2C)N(CCCCC)C(=O)C(CC(N)=O)NC(=O)OC(C)(C)C)c1. The minimum atomic E-state index is -1.33. The number of amides is 4. The van der Waals surface area contributed by atoms with Gasteiger partial charge in [-0.3, -0.25) is 14.4 Å². The summed E-state index contributed by atoms with van der Waals surface area (Å²) >= 11 is 0. The molecule has 0 aliphatic heterocycles. The number of carbonyl (C=O) groups excluding carboxylic acids is 4. The summed E-state index contributed by atoms with van der Waals surface area (Å²) in [5, 5.41) is 5.54. The molecule has 0 radical (unpaired) electrons. The predicted molar refractivity (Wildman–Crippen MR) is 162 cm³/mol. The third-order valence-corrected chi connectivity index (χ3v) is 6.43. The first-order valence-electron chi connectivity index (χ1n) is 13.9. The van der Waals surface area contributed by atoms with Gasteiger partial charge in [-0.25, -0.2) is 4.79 Å². The predicted octanol–water partition coefficient (Wildman–Crippen LogP) is 5.41. The number of aryl methyl sites for hydroxylation is 2. The highest BCUT2D eigenvalue weighted by molar-refractivity contribution is 6.00. The Balaban J connectivity index is 2.63. The van der Waals surface area contributed by atoms with E-state index >= 15 is 0 Å². The number of ether oxygens (including phenoxy) is 1. The van der Waals surface area contributed by atoms with Gasteiger partial charge in [0.25, 0.3) is 5.91 Å². The highest BCUT2D eigenvalue weighted by Crippen LogP contribution is 2.28. The molecule has 2 unspecified atom stereocenters. The lowest BCUT2D eigenvalue weighted by molar-refractivity contribution is -0.142. The molecule has 41 heavy (non-hydrogen) atoms. The fraction of sp³-hybridized carbons (Fsp3) is 0.438. The fourth-order valence-corrected chi connectivity index (χ4v) is 4.48. The molecule has 0 bridgehead atoms. The molecule has 2 aromatic carbocycles. The Morgan fingerprint density at radius 3 is 2.24 bits per heavy atom. The maximum absolute atomic E-state index is 14.2. The topological polar surface area (TPSA) is 131 Å². The summed E-state index contributed by atoms with van der Waals surface area (Å²) in [7, 11) is 0. The molecule has 9 heteroatoms. The monoisotopic (exact) mass is 564 g/mol. The van der Waals surface area contributed by atoms with Gasteiger partial charge in [0.05, 0.1) is 6.42 Å². The number of para-hydroxylation sites is 1. The van der Waals surface area contributed by atoms with Crippen LogP contribution in [0.3, 0.4) is 0 Å². The molecular formula is C32H44N4O5. The van der Waals surface area contributed by atoms with Crippen molar-refractivity contribution in [3.63, 3.8) is 0 Å². The normalized spacial score (nSPS) is 12.5. The van der Waals surface area contributed by atoms with Gasteiger partial charge in [-0.15, -0.1) is 0 Å². The number of unbranched alkanes of at least 4 members (excludes halogenated alkanes) is 2. The standard InChI is InChI=1S/C32H44N4O5/c1-8-10-11-18-36(30(39)25(20-26(33)37)34-31(40)41-32(5,6)7)28(24-17-13-16-23(9-2)19-24)29(38)35-27-21(3)14-12-15-22(27)4/h9,12-17,19,25,28H,2,8,10-11,18,20H2,1,3-7H3,(H2,33,37)(H,34,40)(H,35,38). The van der Waals surface area contributed by atoms with Gasteiger partial charge in [-0.1, -0.05) is 68.8 Å². The van der Waals surface area contributed by atoms with E-state index in [0.29, 0.717) is 17.7 Å². The van der Waals surface area contributed by atoms with Crippen LogP contribution in [0, 0.1) is 13.8 Å². The molecule has 0 saturated carbocycles. The average Bonchev–Trinajstić information content (AvgIpc) is 2.88. The van der Waals surface area contributed by atoms with Crippen LogP contribution in [0.15, 0.2) is 49.0 Å². The fourth-order valence-electron chi connectivity index (χ4n) is 4.48. The van der Waals surface area contributed by atoms with E-state index in [-0.39, 0.29) is 6.54 Å². The molecule has 0 aliphatic rings. The Morgan fingerprint density at radius 2 is 1.68 bits per heavy atom. The second kappa shape index (κ2) is 15.0. The molecule has 0 aliphatic carbocycles. The Labute approximate surface area is 243 Å². The van der Waals surface area contributed by atoms with Crippen molar-refractivity contribution in [2.45, 2.75) is 84.9 Å². The Bertz CT molecular complexity index is 1230. The number of carbonyl (C=O) groups is 4. The summed E-state index contributed by atoms with van der Waals surface area (Å²) in [6.07, 6.45) is 2.63. The summed E-state index contributed by atoms with van der Waals surface area (Å²) in [5.41, 5.74) is 8.39. The van der Waals surface area contributed by atoms with Gasteiger partial charge in [0.1, 0.15) is 17.7 Å². The van der Waals surface area contributed by atoms with Crippen molar-refractivity contribution in [2.24, 2.45) is 5.73 Å². The maximum atomic E-state index is 14.2. The smallest absolute Gasteiger partial charge is 0.408 e. The number of rotatable bonds is 13.